The van der Waals surface area contributed by atoms with Crippen LogP contribution in [-0.4, -0.2) is 27.3 Å². The summed E-state index contributed by atoms with van der Waals surface area (Å²) in [7, 11) is 0. The highest BCUT2D eigenvalue weighted by Crippen LogP contribution is 2.41. The number of hydrogen-bond donors (Lipinski definition) is 1. The van der Waals surface area contributed by atoms with E-state index in [0.717, 1.165) is 17.7 Å². The van der Waals surface area contributed by atoms with Crippen molar-refractivity contribution in [3.05, 3.63) is 89.0 Å². The van der Waals surface area contributed by atoms with Crippen LogP contribution in [0.15, 0.2) is 60.7 Å². The number of hydrogen-bond acceptors (Lipinski definition) is 2. The van der Waals surface area contributed by atoms with Gasteiger partial charge in [0.15, 0.2) is 0 Å². The van der Waals surface area contributed by atoms with E-state index < -0.39 is 23.1 Å². The smallest absolute Gasteiger partial charge is 0.340 e. The Morgan fingerprint density at radius 3 is 2.57 bits per heavy atom. The summed E-state index contributed by atoms with van der Waals surface area (Å²) in [6, 6.07) is 15.0. The molecule has 1 aliphatic rings. The number of aromatic amines is 1. The Morgan fingerprint density at radius 2 is 1.83 bits per heavy atom. The Kier molecular flexibility index (Phi) is 5.42. The van der Waals surface area contributed by atoms with Gasteiger partial charge in [-0.25, -0.2) is 9.37 Å². The van der Waals surface area contributed by atoms with Gasteiger partial charge in [0.1, 0.15) is 11.6 Å². The maximum Gasteiger partial charge on any atom is 0.416 e. The molecule has 5 rings (SSSR count). The van der Waals surface area contributed by atoms with Crippen LogP contribution in [0.25, 0.3) is 22.2 Å². The average Bonchev–Trinajstić information content (AvgIpc) is 3.42. The Balaban J connectivity index is 1.57. The minimum absolute atomic E-state index is 0.262. The van der Waals surface area contributed by atoms with Crippen LogP contribution in [0, 0.1) is 12.7 Å². The molecule has 0 unspecified atom stereocenters. The third kappa shape index (κ3) is 3.96. The van der Waals surface area contributed by atoms with Crippen LogP contribution in [0.5, 0.6) is 0 Å². The second-order valence-corrected chi connectivity index (χ2v) is 9.18. The lowest BCUT2D eigenvalue weighted by molar-refractivity contribution is -0.137. The Labute approximate surface area is 199 Å². The summed E-state index contributed by atoms with van der Waals surface area (Å²) in [5.74, 6) is -0.270. The average molecular weight is 481 g/mol. The Morgan fingerprint density at radius 1 is 1.06 bits per heavy atom. The summed E-state index contributed by atoms with van der Waals surface area (Å²) in [5.41, 5.74) is 1.10. The van der Waals surface area contributed by atoms with Crippen LogP contribution in [0.4, 0.5) is 17.6 Å². The SMILES string of the molecule is Cc1ccc(-c2ccccc2F)c(C(=O)N2CCC[C@@]2(C)c2nc3ccc(C(F)(F)F)cc3[nH]2)c1. The maximum atomic E-state index is 14.6. The molecule has 0 spiro atoms. The van der Waals surface area contributed by atoms with E-state index in [-0.39, 0.29) is 11.4 Å². The maximum absolute atomic E-state index is 14.6. The fourth-order valence-corrected chi connectivity index (χ4v) is 4.87. The molecule has 1 aliphatic heterocycles. The monoisotopic (exact) mass is 481 g/mol. The molecule has 0 bridgehead atoms. The number of rotatable bonds is 3. The van der Waals surface area contributed by atoms with Gasteiger partial charge in [0.2, 0.25) is 0 Å². The summed E-state index contributed by atoms with van der Waals surface area (Å²) in [5, 5.41) is 0. The van der Waals surface area contributed by atoms with E-state index in [0.29, 0.717) is 47.4 Å². The fraction of sp³-hybridized carbons (Fsp3) is 0.259. The van der Waals surface area contributed by atoms with Crippen LogP contribution in [0.2, 0.25) is 0 Å². The van der Waals surface area contributed by atoms with Crippen molar-refractivity contribution < 1.29 is 22.4 Å². The summed E-state index contributed by atoms with van der Waals surface area (Å²) in [6.45, 7) is 4.17. The molecule has 8 heteroatoms. The number of carbonyl (C=O) groups is 1. The van der Waals surface area contributed by atoms with Crippen LogP contribution >= 0.6 is 0 Å². The number of imidazole rings is 1. The number of nitrogens with zero attached hydrogens (tertiary/aromatic N) is 2. The molecule has 4 aromatic rings. The summed E-state index contributed by atoms with van der Waals surface area (Å²) in [4.78, 5) is 23.2. The van der Waals surface area contributed by atoms with E-state index in [9.17, 15) is 22.4 Å². The van der Waals surface area contributed by atoms with Crippen molar-refractivity contribution in [2.75, 3.05) is 6.54 Å². The van der Waals surface area contributed by atoms with Crippen LogP contribution in [0.1, 0.15) is 47.1 Å². The van der Waals surface area contributed by atoms with Gasteiger partial charge in [-0.05, 0) is 62.6 Å². The van der Waals surface area contributed by atoms with Gasteiger partial charge in [0.05, 0.1) is 22.1 Å². The molecule has 0 saturated carbocycles. The van der Waals surface area contributed by atoms with Gasteiger partial charge < -0.3 is 9.88 Å². The minimum atomic E-state index is -4.47. The third-order valence-corrected chi connectivity index (χ3v) is 6.78. The van der Waals surface area contributed by atoms with Crippen molar-refractivity contribution in [2.24, 2.45) is 0 Å². The number of carbonyl (C=O) groups excluding carboxylic acids is 1. The van der Waals surface area contributed by atoms with Gasteiger partial charge in [0, 0.05) is 17.7 Å². The topological polar surface area (TPSA) is 49.0 Å². The molecule has 180 valence electrons. The Hall–Kier alpha value is -3.68. The first-order valence-electron chi connectivity index (χ1n) is 11.3. The number of benzene rings is 3. The summed E-state index contributed by atoms with van der Waals surface area (Å²) in [6.07, 6.45) is -3.17. The van der Waals surface area contributed by atoms with Crippen LogP contribution < -0.4 is 0 Å². The standard InChI is InChI=1S/C27H23F4N3O/c1-16-8-10-18(19-6-3-4-7-21(19)28)20(14-16)24(35)34-13-5-12-26(34,2)25-32-22-11-9-17(27(29,30)31)15-23(22)33-25/h3-4,6-11,14-15H,5,12-13H2,1-2H3,(H,32,33)/t26-/m0/s1. The lowest BCUT2D eigenvalue weighted by atomic mass is 9.93. The molecule has 0 aliphatic carbocycles. The van der Waals surface area contributed by atoms with Gasteiger partial charge in [-0.3, -0.25) is 4.79 Å². The number of alkyl halides is 3. The molecule has 1 amide bonds. The first-order valence-corrected chi connectivity index (χ1v) is 11.3. The normalized spacial score (nSPS) is 18.4. The highest BCUT2D eigenvalue weighted by molar-refractivity contribution is 6.01. The first kappa shape index (κ1) is 23.1. The fourth-order valence-electron chi connectivity index (χ4n) is 4.87. The van der Waals surface area contributed by atoms with Crippen molar-refractivity contribution in [3.63, 3.8) is 0 Å². The number of nitrogens with one attached hydrogen (secondary N) is 1. The van der Waals surface area contributed by atoms with Crippen LogP contribution in [0.3, 0.4) is 0 Å². The van der Waals surface area contributed by atoms with E-state index in [1.54, 1.807) is 35.2 Å². The number of aryl methyl sites for hydroxylation is 1. The summed E-state index contributed by atoms with van der Waals surface area (Å²) < 4.78 is 54.2. The minimum Gasteiger partial charge on any atom is -0.340 e. The molecule has 2 heterocycles. The van der Waals surface area contributed by atoms with Crippen molar-refractivity contribution in [1.82, 2.24) is 14.9 Å². The van der Waals surface area contributed by atoms with Crippen molar-refractivity contribution >= 4 is 16.9 Å². The number of halogens is 4. The molecule has 1 aromatic heterocycles. The summed E-state index contributed by atoms with van der Waals surface area (Å²) >= 11 is 0. The predicted molar refractivity (Wildman–Crippen MR) is 125 cm³/mol. The zero-order valence-corrected chi connectivity index (χ0v) is 19.2. The first-order chi connectivity index (χ1) is 16.6. The van der Waals surface area contributed by atoms with Crippen molar-refractivity contribution in [1.29, 1.82) is 0 Å². The zero-order valence-electron chi connectivity index (χ0n) is 19.2. The lowest BCUT2D eigenvalue weighted by Crippen LogP contribution is -2.43. The number of amides is 1. The third-order valence-electron chi connectivity index (χ3n) is 6.78. The molecular formula is C27H23F4N3O. The largest absolute Gasteiger partial charge is 0.416 e. The molecule has 1 N–H and O–H groups in total. The highest BCUT2D eigenvalue weighted by Gasteiger charge is 2.44. The van der Waals surface area contributed by atoms with Gasteiger partial charge in [0.25, 0.3) is 5.91 Å². The van der Waals surface area contributed by atoms with Gasteiger partial charge in [-0.1, -0.05) is 35.9 Å². The molecule has 3 aromatic carbocycles. The number of aromatic nitrogens is 2. The van der Waals surface area contributed by atoms with E-state index in [4.69, 9.17) is 0 Å². The van der Waals surface area contributed by atoms with Gasteiger partial charge in [-0.15, -0.1) is 0 Å². The second-order valence-electron chi connectivity index (χ2n) is 9.18. The molecule has 0 radical (unpaired) electrons. The van der Waals surface area contributed by atoms with E-state index >= 15 is 0 Å². The quantitative estimate of drug-likeness (QED) is 0.326. The molecule has 4 nitrogen and oxygen atoms in total. The van der Waals surface area contributed by atoms with Gasteiger partial charge in [-0.2, -0.15) is 13.2 Å². The predicted octanol–water partition coefficient (Wildman–Crippen LogP) is 6.85. The lowest BCUT2D eigenvalue weighted by Gasteiger charge is -2.34. The zero-order chi connectivity index (χ0) is 25.0. The highest BCUT2D eigenvalue weighted by atomic mass is 19.4. The number of likely N-dealkylation sites (tertiary alicyclic amines) is 1. The number of fused-ring (bicyclic) bond motifs is 1. The number of H-pyrrole nitrogens is 1. The second kappa shape index (κ2) is 8.22. The molecular weight excluding hydrogens is 458 g/mol. The van der Waals surface area contributed by atoms with Crippen LogP contribution in [-0.2, 0) is 11.7 Å². The molecule has 35 heavy (non-hydrogen) atoms. The Bertz CT molecular complexity index is 1440. The molecule has 1 fully saturated rings. The van der Waals surface area contributed by atoms with Crippen molar-refractivity contribution in [3.8, 4) is 11.1 Å². The molecule has 1 atom stereocenters. The van der Waals surface area contributed by atoms with E-state index in [2.05, 4.69) is 9.97 Å². The van der Waals surface area contributed by atoms with E-state index in [1.807, 2.05) is 19.9 Å². The van der Waals surface area contributed by atoms with Crippen molar-refractivity contribution in [2.45, 2.75) is 38.4 Å². The van der Waals surface area contributed by atoms with E-state index in [1.165, 1.54) is 12.1 Å². The molecule has 1 saturated heterocycles. The van der Waals surface area contributed by atoms with Gasteiger partial charge >= 0.3 is 6.18 Å².